The van der Waals surface area contributed by atoms with E-state index in [-0.39, 0.29) is 11.7 Å². The summed E-state index contributed by atoms with van der Waals surface area (Å²) in [7, 11) is 0. The van der Waals surface area contributed by atoms with Gasteiger partial charge < -0.3 is 9.73 Å². The maximum absolute atomic E-state index is 10.7. The fourth-order valence-corrected chi connectivity index (χ4v) is 2.64. The first-order valence-corrected chi connectivity index (χ1v) is 6.91. The molecule has 3 aromatic rings. The minimum atomic E-state index is -0.449. The number of rotatable bonds is 4. The van der Waals surface area contributed by atoms with E-state index in [0.717, 1.165) is 5.56 Å². The maximum atomic E-state index is 10.7. The highest BCUT2D eigenvalue weighted by Gasteiger charge is 2.13. The van der Waals surface area contributed by atoms with Crippen LogP contribution in [0.3, 0.4) is 0 Å². The fourth-order valence-electron chi connectivity index (χ4n) is 1.88. The lowest BCUT2D eigenvalue weighted by Crippen LogP contribution is -2.05. The number of fused-ring (bicyclic) bond motifs is 1. The number of nitro benzene ring substituents is 1. The van der Waals surface area contributed by atoms with E-state index in [4.69, 9.17) is 4.42 Å². The molecule has 0 aliphatic rings. The minimum Gasteiger partial charge on any atom is -0.424 e. The van der Waals surface area contributed by atoms with Gasteiger partial charge in [0.1, 0.15) is 5.52 Å². The Labute approximate surface area is 118 Å². The first-order chi connectivity index (χ1) is 9.63. The van der Waals surface area contributed by atoms with E-state index in [9.17, 15) is 10.1 Å². The molecule has 1 N–H and O–H groups in total. The second-order valence-electron chi connectivity index (χ2n) is 4.35. The smallest absolute Gasteiger partial charge is 0.296 e. The molecule has 0 aliphatic carbocycles. The third kappa shape index (κ3) is 2.35. The first-order valence-electron chi connectivity index (χ1n) is 5.97. The Morgan fingerprint density at radius 2 is 2.30 bits per heavy atom. The predicted octanol–water partition coefficient (Wildman–Crippen LogP) is 3.97. The molecule has 6 nitrogen and oxygen atoms in total. The van der Waals surface area contributed by atoms with E-state index in [0.29, 0.717) is 17.1 Å². The zero-order chi connectivity index (χ0) is 14.1. The summed E-state index contributed by atoms with van der Waals surface area (Å²) in [6.07, 6.45) is 0. The van der Waals surface area contributed by atoms with E-state index in [1.165, 1.54) is 12.1 Å². The SMILES string of the molecule is CC(Nc1nc2cc([N+](=O)[O-])ccc2o1)c1ccsc1. The van der Waals surface area contributed by atoms with Crippen LogP contribution in [-0.2, 0) is 0 Å². The number of nitrogens with one attached hydrogen (secondary N) is 1. The largest absolute Gasteiger partial charge is 0.424 e. The molecular formula is C13H11N3O3S. The molecule has 2 aromatic heterocycles. The average molecular weight is 289 g/mol. The summed E-state index contributed by atoms with van der Waals surface area (Å²) in [6, 6.07) is 6.80. The molecule has 0 fully saturated rings. The molecule has 0 amide bonds. The number of non-ortho nitro benzene ring substituents is 1. The average Bonchev–Trinajstić information content (AvgIpc) is 3.06. The Kier molecular flexibility index (Phi) is 3.11. The van der Waals surface area contributed by atoms with E-state index in [1.807, 2.05) is 23.8 Å². The Hall–Kier alpha value is -2.41. The van der Waals surface area contributed by atoms with Crippen LogP contribution in [-0.4, -0.2) is 9.91 Å². The highest BCUT2D eigenvalue weighted by atomic mass is 32.1. The van der Waals surface area contributed by atoms with Crippen LogP contribution >= 0.6 is 11.3 Å². The molecule has 0 saturated heterocycles. The normalized spacial score (nSPS) is 12.4. The van der Waals surface area contributed by atoms with Crippen molar-refractivity contribution in [2.45, 2.75) is 13.0 Å². The molecule has 1 aromatic carbocycles. The van der Waals surface area contributed by atoms with E-state index in [2.05, 4.69) is 10.3 Å². The molecule has 0 radical (unpaired) electrons. The number of anilines is 1. The van der Waals surface area contributed by atoms with Crippen molar-refractivity contribution in [1.82, 2.24) is 4.98 Å². The monoisotopic (exact) mass is 289 g/mol. The molecule has 1 atom stereocenters. The number of hydrogen-bond acceptors (Lipinski definition) is 6. The van der Waals surface area contributed by atoms with Gasteiger partial charge >= 0.3 is 0 Å². The van der Waals surface area contributed by atoms with Crippen molar-refractivity contribution in [3.63, 3.8) is 0 Å². The number of thiophene rings is 1. The van der Waals surface area contributed by atoms with Crippen LogP contribution in [0.4, 0.5) is 11.7 Å². The summed E-state index contributed by atoms with van der Waals surface area (Å²) in [5.41, 5.74) is 2.14. The topological polar surface area (TPSA) is 81.2 Å². The number of oxazole rings is 1. The molecule has 7 heteroatoms. The summed E-state index contributed by atoms with van der Waals surface area (Å²) < 4.78 is 5.53. The number of hydrogen-bond donors (Lipinski definition) is 1. The molecule has 1 unspecified atom stereocenters. The van der Waals surface area contributed by atoms with Gasteiger partial charge in [-0.2, -0.15) is 16.3 Å². The number of nitro groups is 1. The molecule has 0 saturated carbocycles. The van der Waals surface area contributed by atoms with Gasteiger partial charge in [-0.15, -0.1) is 0 Å². The predicted molar refractivity (Wildman–Crippen MR) is 77.0 cm³/mol. The number of nitrogens with zero attached hydrogens (tertiary/aromatic N) is 2. The Morgan fingerprint density at radius 3 is 3.00 bits per heavy atom. The van der Waals surface area contributed by atoms with Gasteiger partial charge in [0.15, 0.2) is 5.58 Å². The van der Waals surface area contributed by atoms with Crippen LogP contribution in [0.25, 0.3) is 11.1 Å². The molecule has 0 bridgehead atoms. The number of aromatic nitrogens is 1. The lowest BCUT2D eigenvalue weighted by molar-refractivity contribution is -0.384. The highest BCUT2D eigenvalue weighted by Crippen LogP contribution is 2.26. The van der Waals surface area contributed by atoms with Crippen molar-refractivity contribution in [1.29, 1.82) is 0 Å². The summed E-state index contributed by atoms with van der Waals surface area (Å²) in [6.45, 7) is 2.00. The Morgan fingerprint density at radius 1 is 1.45 bits per heavy atom. The van der Waals surface area contributed by atoms with E-state index < -0.39 is 4.92 Å². The zero-order valence-electron chi connectivity index (χ0n) is 10.6. The van der Waals surface area contributed by atoms with Gasteiger partial charge in [0.05, 0.1) is 11.0 Å². The molecule has 2 heterocycles. The lowest BCUT2D eigenvalue weighted by atomic mass is 10.2. The highest BCUT2D eigenvalue weighted by molar-refractivity contribution is 7.07. The van der Waals surface area contributed by atoms with Gasteiger partial charge in [0.2, 0.25) is 0 Å². The van der Waals surface area contributed by atoms with Gasteiger partial charge in [-0.25, -0.2) is 0 Å². The van der Waals surface area contributed by atoms with E-state index >= 15 is 0 Å². The maximum Gasteiger partial charge on any atom is 0.296 e. The Balaban J connectivity index is 1.87. The molecule has 102 valence electrons. The van der Waals surface area contributed by atoms with Crippen LogP contribution in [0.5, 0.6) is 0 Å². The first kappa shape index (κ1) is 12.6. The molecule has 0 aliphatic heterocycles. The third-order valence-electron chi connectivity index (χ3n) is 2.97. The number of benzene rings is 1. The summed E-state index contributed by atoms with van der Waals surface area (Å²) in [4.78, 5) is 14.5. The van der Waals surface area contributed by atoms with Crippen LogP contribution in [0, 0.1) is 10.1 Å². The van der Waals surface area contributed by atoms with Crippen LogP contribution in [0.2, 0.25) is 0 Å². The summed E-state index contributed by atoms with van der Waals surface area (Å²) in [5, 5.41) is 17.9. The Bertz CT molecular complexity index is 751. The zero-order valence-corrected chi connectivity index (χ0v) is 11.4. The quantitative estimate of drug-likeness (QED) is 0.580. The van der Waals surface area contributed by atoms with Crippen LogP contribution < -0.4 is 5.32 Å². The second-order valence-corrected chi connectivity index (χ2v) is 5.13. The third-order valence-corrected chi connectivity index (χ3v) is 3.67. The van der Waals surface area contributed by atoms with Gasteiger partial charge in [-0.05, 0) is 35.4 Å². The standard InChI is InChI=1S/C13H11N3O3S/c1-8(9-4-5-20-7-9)14-13-15-11-6-10(16(17)18)2-3-12(11)19-13/h2-8H,1H3,(H,14,15). The van der Waals surface area contributed by atoms with Crippen molar-refractivity contribution in [2.75, 3.05) is 5.32 Å². The summed E-state index contributed by atoms with van der Waals surface area (Å²) >= 11 is 1.62. The van der Waals surface area contributed by atoms with Gasteiger partial charge in [0, 0.05) is 12.1 Å². The minimum absolute atomic E-state index is 0.00299. The van der Waals surface area contributed by atoms with Crippen molar-refractivity contribution in [3.8, 4) is 0 Å². The van der Waals surface area contributed by atoms with E-state index in [1.54, 1.807) is 17.4 Å². The lowest BCUT2D eigenvalue weighted by Gasteiger charge is -2.09. The summed E-state index contributed by atoms with van der Waals surface area (Å²) in [5.74, 6) is 0. The van der Waals surface area contributed by atoms with Gasteiger partial charge in [0.25, 0.3) is 11.7 Å². The van der Waals surface area contributed by atoms with Gasteiger partial charge in [-0.3, -0.25) is 10.1 Å². The molecule has 3 rings (SSSR count). The molecule has 20 heavy (non-hydrogen) atoms. The van der Waals surface area contributed by atoms with Gasteiger partial charge in [-0.1, -0.05) is 0 Å². The molecular weight excluding hydrogens is 278 g/mol. The van der Waals surface area contributed by atoms with Crippen LogP contribution in [0.15, 0.2) is 39.4 Å². The van der Waals surface area contributed by atoms with Crippen molar-refractivity contribution >= 4 is 34.1 Å². The van der Waals surface area contributed by atoms with Crippen molar-refractivity contribution < 1.29 is 9.34 Å². The van der Waals surface area contributed by atoms with Crippen molar-refractivity contribution in [2.24, 2.45) is 0 Å². The molecule has 0 spiro atoms. The van der Waals surface area contributed by atoms with Crippen LogP contribution in [0.1, 0.15) is 18.5 Å². The van der Waals surface area contributed by atoms with Crippen molar-refractivity contribution in [3.05, 3.63) is 50.7 Å². The second kappa shape index (κ2) is 4.93. The fraction of sp³-hybridized carbons (Fsp3) is 0.154.